The smallest absolute Gasteiger partial charge is 0.191 e. The average molecular weight is 434 g/mol. The first kappa shape index (κ1) is 21.3. The topological polar surface area (TPSA) is 60.0 Å². The molecule has 31 heavy (non-hydrogen) atoms. The van der Waals surface area contributed by atoms with Gasteiger partial charge in [-0.1, -0.05) is 84.5 Å². The van der Waals surface area contributed by atoms with Gasteiger partial charge in [0.25, 0.3) is 0 Å². The van der Waals surface area contributed by atoms with Crippen molar-refractivity contribution in [2.45, 2.75) is 36.8 Å². The molecular weight excluding hydrogens is 406 g/mol. The maximum Gasteiger partial charge on any atom is 0.191 e. The van der Waals surface area contributed by atoms with E-state index in [9.17, 15) is 0 Å². The second kappa shape index (κ2) is 9.94. The normalized spacial score (nSPS) is 12.4. The van der Waals surface area contributed by atoms with Crippen LogP contribution in [0.4, 0.5) is 0 Å². The van der Waals surface area contributed by atoms with Crippen molar-refractivity contribution in [1.29, 1.82) is 0 Å². The number of hydrogen-bond acceptors (Lipinski definition) is 6. The van der Waals surface area contributed by atoms with Crippen LogP contribution in [0.3, 0.4) is 0 Å². The molecule has 0 radical (unpaired) electrons. The van der Waals surface area contributed by atoms with E-state index in [-0.39, 0.29) is 6.04 Å². The second-order valence-electron chi connectivity index (χ2n) is 7.64. The fourth-order valence-corrected chi connectivity index (χ4v) is 4.43. The molecular formula is C24H27N5OS. The van der Waals surface area contributed by atoms with Crippen LogP contribution in [0.15, 0.2) is 76.4 Å². The maximum atomic E-state index is 5.54. The van der Waals surface area contributed by atoms with E-state index in [1.165, 1.54) is 5.56 Å². The van der Waals surface area contributed by atoms with Crippen molar-refractivity contribution in [3.63, 3.8) is 0 Å². The van der Waals surface area contributed by atoms with Crippen LogP contribution in [0, 0.1) is 0 Å². The second-order valence-corrected chi connectivity index (χ2v) is 8.58. The van der Waals surface area contributed by atoms with E-state index in [1.807, 2.05) is 42.5 Å². The first-order valence-electron chi connectivity index (χ1n) is 10.4. The minimum absolute atomic E-state index is 0.210. The summed E-state index contributed by atoms with van der Waals surface area (Å²) in [5.41, 5.74) is 3.14. The SMILES string of the molecule is CC[C@@H](c1nnc(SCc2cc(-c3ccccc3)on2)n1Cc1ccccc1)N(C)C. The Morgan fingerprint density at radius 1 is 1.00 bits per heavy atom. The van der Waals surface area contributed by atoms with Gasteiger partial charge in [0.15, 0.2) is 16.7 Å². The van der Waals surface area contributed by atoms with Crippen LogP contribution in [-0.2, 0) is 12.3 Å². The minimum Gasteiger partial charge on any atom is -0.356 e. The predicted octanol–water partition coefficient (Wildman–Crippen LogP) is 5.29. The zero-order chi connectivity index (χ0) is 21.6. The highest BCUT2D eigenvalue weighted by Gasteiger charge is 2.22. The molecule has 0 aliphatic carbocycles. The van der Waals surface area contributed by atoms with Gasteiger partial charge in [0.05, 0.1) is 18.3 Å². The molecule has 2 heterocycles. The van der Waals surface area contributed by atoms with Crippen LogP contribution in [0.2, 0.25) is 0 Å². The van der Waals surface area contributed by atoms with Gasteiger partial charge in [-0.05, 0) is 26.1 Å². The van der Waals surface area contributed by atoms with E-state index in [4.69, 9.17) is 4.52 Å². The van der Waals surface area contributed by atoms with E-state index in [0.717, 1.165) is 41.0 Å². The Morgan fingerprint density at radius 3 is 2.39 bits per heavy atom. The van der Waals surface area contributed by atoms with E-state index in [2.05, 4.69) is 70.1 Å². The molecule has 7 heteroatoms. The molecule has 0 fully saturated rings. The van der Waals surface area contributed by atoms with Gasteiger partial charge in [-0.2, -0.15) is 0 Å². The third kappa shape index (κ3) is 5.06. The lowest BCUT2D eigenvalue weighted by Gasteiger charge is -2.23. The lowest BCUT2D eigenvalue weighted by atomic mass is 10.2. The van der Waals surface area contributed by atoms with Crippen LogP contribution in [0.1, 0.15) is 36.5 Å². The molecule has 0 N–H and O–H groups in total. The van der Waals surface area contributed by atoms with Gasteiger partial charge in [-0.15, -0.1) is 10.2 Å². The van der Waals surface area contributed by atoms with Crippen molar-refractivity contribution in [2.24, 2.45) is 0 Å². The summed E-state index contributed by atoms with van der Waals surface area (Å²) in [6, 6.07) is 22.7. The third-order valence-electron chi connectivity index (χ3n) is 5.20. The van der Waals surface area contributed by atoms with Gasteiger partial charge in [-0.25, -0.2) is 0 Å². The first-order valence-corrected chi connectivity index (χ1v) is 11.4. The highest BCUT2D eigenvalue weighted by Crippen LogP contribution is 2.29. The summed E-state index contributed by atoms with van der Waals surface area (Å²) in [6.45, 7) is 2.92. The molecule has 6 nitrogen and oxygen atoms in total. The largest absolute Gasteiger partial charge is 0.356 e. The molecule has 0 saturated heterocycles. The van der Waals surface area contributed by atoms with E-state index in [0.29, 0.717) is 5.75 Å². The van der Waals surface area contributed by atoms with Crippen molar-refractivity contribution in [2.75, 3.05) is 14.1 Å². The molecule has 160 valence electrons. The number of rotatable bonds is 9. The molecule has 2 aromatic carbocycles. The molecule has 0 aliphatic rings. The van der Waals surface area contributed by atoms with Gasteiger partial charge in [0.1, 0.15) is 0 Å². The summed E-state index contributed by atoms with van der Waals surface area (Å²) >= 11 is 1.64. The third-order valence-corrected chi connectivity index (χ3v) is 6.20. The van der Waals surface area contributed by atoms with Crippen molar-refractivity contribution < 1.29 is 4.52 Å². The summed E-state index contributed by atoms with van der Waals surface area (Å²) in [4.78, 5) is 2.20. The van der Waals surface area contributed by atoms with Gasteiger partial charge < -0.3 is 9.09 Å². The maximum absolute atomic E-state index is 5.54. The Bertz CT molecular complexity index is 1090. The molecule has 0 amide bonds. The van der Waals surface area contributed by atoms with E-state index < -0.39 is 0 Å². The molecule has 0 spiro atoms. The van der Waals surface area contributed by atoms with Gasteiger partial charge in [0, 0.05) is 17.4 Å². The van der Waals surface area contributed by atoms with Crippen molar-refractivity contribution in [1.82, 2.24) is 24.8 Å². The number of hydrogen-bond donors (Lipinski definition) is 0. The predicted molar refractivity (Wildman–Crippen MR) is 124 cm³/mol. The molecule has 1 atom stereocenters. The molecule has 2 aromatic heterocycles. The fourth-order valence-electron chi connectivity index (χ4n) is 3.60. The summed E-state index contributed by atoms with van der Waals surface area (Å²) in [7, 11) is 4.17. The van der Waals surface area contributed by atoms with Crippen molar-refractivity contribution in [3.05, 3.63) is 83.8 Å². The van der Waals surface area contributed by atoms with Crippen LogP contribution in [-0.4, -0.2) is 38.9 Å². The number of aromatic nitrogens is 4. The number of nitrogens with zero attached hydrogens (tertiary/aromatic N) is 5. The Labute approximate surface area is 187 Å². The summed E-state index contributed by atoms with van der Waals surface area (Å²) in [5, 5.41) is 14.2. The first-order chi connectivity index (χ1) is 15.2. The van der Waals surface area contributed by atoms with Gasteiger partial charge >= 0.3 is 0 Å². The quantitative estimate of drug-likeness (QED) is 0.334. The van der Waals surface area contributed by atoms with Crippen LogP contribution in [0.5, 0.6) is 0 Å². The Hall–Kier alpha value is -2.90. The summed E-state index contributed by atoms with van der Waals surface area (Å²) in [6.07, 6.45) is 0.967. The lowest BCUT2D eigenvalue weighted by Crippen LogP contribution is -2.23. The standard InChI is InChI=1S/C24H27N5OS/c1-4-21(28(2)3)23-25-26-24(29(23)16-18-11-7-5-8-12-18)31-17-20-15-22(30-27-20)19-13-9-6-10-14-19/h5-15,21H,4,16-17H2,1-3H3/t21-/m0/s1. The minimum atomic E-state index is 0.210. The highest BCUT2D eigenvalue weighted by molar-refractivity contribution is 7.98. The fraction of sp³-hybridized carbons (Fsp3) is 0.292. The highest BCUT2D eigenvalue weighted by atomic mass is 32.2. The zero-order valence-electron chi connectivity index (χ0n) is 18.1. The van der Waals surface area contributed by atoms with Gasteiger partial charge in [-0.3, -0.25) is 4.90 Å². The van der Waals surface area contributed by atoms with Crippen LogP contribution >= 0.6 is 11.8 Å². The summed E-state index contributed by atoms with van der Waals surface area (Å²) in [5.74, 6) is 2.44. The lowest BCUT2D eigenvalue weighted by molar-refractivity contribution is 0.272. The summed E-state index contributed by atoms with van der Waals surface area (Å²) < 4.78 is 7.77. The average Bonchev–Trinajstić information content (AvgIpc) is 3.42. The Kier molecular flexibility index (Phi) is 6.84. The Balaban J connectivity index is 1.56. The molecule has 4 rings (SSSR count). The Morgan fingerprint density at radius 2 is 1.71 bits per heavy atom. The molecule has 0 saturated carbocycles. The molecule has 4 aromatic rings. The monoisotopic (exact) mass is 433 g/mol. The van der Waals surface area contributed by atoms with Crippen LogP contribution < -0.4 is 0 Å². The number of thioether (sulfide) groups is 1. The van der Waals surface area contributed by atoms with Crippen molar-refractivity contribution >= 4 is 11.8 Å². The molecule has 0 bridgehead atoms. The van der Waals surface area contributed by atoms with E-state index >= 15 is 0 Å². The molecule has 0 aliphatic heterocycles. The van der Waals surface area contributed by atoms with Crippen molar-refractivity contribution in [3.8, 4) is 11.3 Å². The molecule has 0 unspecified atom stereocenters. The van der Waals surface area contributed by atoms with E-state index in [1.54, 1.807) is 11.8 Å². The van der Waals surface area contributed by atoms with Crippen LogP contribution in [0.25, 0.3) is 11.3 Å². The van der Waals surface area contributed by atoms with Gasteiger partial charge in [0.2, 0.25) is 0 Å². The number of benzene rings is 2. The zero-order valence-corrected chi connectivity index (χ0v) is 18.9.